The van der Waals surface area contributed by atoms with Crippen LogP contribution in [0.1, 0.15) is 0 Å². The maximum Gasteiger partial charge on any atom is 0.180 e. The van der Waals surface area contributed by atoms with Crippen molar-refractivity contribution in [2.75, 3.05) is 56.8 Å². The minimum atomic E-state index is 0.624. The monoisotopic (exact) mass is 353 g/mol. The van der Waals surface area contributed by atoms with Crippen LogP contribution in [0, 0.1) is 0 Å². The first-order chi connectivity index (χ1) is 12.9. The van der Waals surface area contributed by atoms with Crippen LogP contribution >= 0.6 is 0 Å². The van der Waals surface area contributed by atoms with Crippen LogP contribution in [-0.4, -0.2) is 60.9 Å². The lowest BCUT2D eigenvalue weighted by Gasteiger charge is -2.28. The van der Waals surface area contributed by atoms with Gasteiger partial charge in [-0.25, -0.2) is 9.97 Å². The van der Waals surface area contributed by atoms with Crippen LogP contribution in [0.2, 0.25) is 0 Å². The van der Waals surface area contributed by atoms with Crippen molar-refractivity contribution < 1.29 is 9.47 Å². The van der Waals surface area contributed by atoms with Crippen molar-refractivity contribution in [3.8, 4) is 11.3 Å². The molecule has 0 bridgehead atoms. The molecule has 0 unspecified atom stereocenters. The predicted octanol–water partition coefficient (Wildman–Crippen LogP) is 2.29. The Kier molecular flexibility index (Phi) is 4.99. The van der Waals surface area contributed by atoms with Gasteiger partial charge < -0.3 is 19.7 Å². The number of hydrogen-bond acceptors (Lipinski definition) is 6. The number of methoxy groups -OCH3 is 1. The minimum absolute atomic E-state index is 0.624. The van der Waals surface area contributed by atoms with E-state index in [-0.39, 0.29) is 0 Å². The smallest absolute Gasteiger partial charge is 0.180 e. The van der Waals surface area contributed by atoms with Crippen LogP contribution in [0.3, 0.4) is 0 Å². The van der Waals surface area contributed by atoms with Crippen LogP contribution in [-0.2, 0) is 9.47 Å². The molecule has 1 aromatic carbocycles. The summed E-state index contributed by atoms with van der Waals surface area (Å²) in [6.07, 6.45) is 5.62. The lowest BCUT2D eigenvalue weighted by Crippen LogP contribution is -2.36. The topological polar surface area (TPSA) is 63.9 Å². The predicted molar refractivity (Wildman–Crippen MR) is 102 cm³/mol. The quantitative estimate of drug-likeness (QED) is 0.686. The van der Waals surface area contributed by atoms with Crippen molar-refractivity contribution in [2.24, 2.45) is 0 Å². The molecule has 7 nitrogen and oxygen atoms in total. The second-order valence-electron chi connectivity index (χ2n) is 6.18. The molecule has 3 aromatic rings. The zero-order valence-electron chi connectivity index (χ0n) is 14.9. The molecule has 7 heteroatoms. The van der Waals surface area contributed by atoms with Crippen molar-refractivity contribution in [1.29, 1.82) is 0 Å². The van der Waals surface area contributed by atoms with E-state index in [1.165, 1.54) is 5.69 Å². The molecule has 26 heavy (non-hydrogen) atoms. The Balaban J connectivity index is 1.59. The van der Waals surface area contributed by atoms with Gasteiger partial charge in [-0.3, -0.25) is 4.40 Å². The second kappa shape index (κ2) is 7.72. The molecule has 0 saturated carbocycles. The highest BCUT2D eigenvalue weighted by Gasteiger charge is 2.13. The van der Waals surface area contributed by atoms with E-state index >= 15 is 0 Å². The van der Waals surface area contributed by atoms with Crippen molar-refractivity contribution in [3.63, 3.8) is 0 Å². The summed E-state index contributed by atoms with van der Waals surface area (Å²) < 4.78 is 12.6. The fraction of sp³-hybridized carbons (Fsp3) is 0.368. The third kappa shape index (κ3) is 3.36. The Morgan fingerprint density at radius 3 is 2.73 bits per heavy atom. The third-order valence-electron chi connectivity index (χ3n) is 4.57. The molecule has 1 saturated heterocycles. The van der Waals surface area contributed by atoms with Gasteiger partial charge >= 0.3 is 0 Å². The molecule has 136 valence electrons. The summed E-state index contributed by atoms with van der Waals surface area (Å²) in [5.74, 6) is 0.765. The van der Waals surface area contributed by atoms with Crippen molar-refractivity contribution in [2.45, 2.75) is 0 Å². The molecule has 4 rings (SSSR count). The molecule has 0 atom stereocenters. The first-order valence-electron chi connectivity index (χ1n) is 8.85. The van der Waals surface area contributed by atoms with E-state index in [4.69, 9.17) is 9.47 Å². The molecule has 1 N–H and O–H groups in total. The Bertz CT molecular complexity index is 856. The van der Waals surface area contributed by atoms with Gasteiger partial charge in [-0.15, -0.1) is 0 Å². The number of morpholine rings is 1. The summed E-state index contributed by atoms with van der Waals surface area (Å²) in [6, 6.07) is 8.62. The van der Waals surface area contributed by atoms with Gasteiger partial charge in [0.15, 0.2) is 11.5 Å². The van der Waals surface area contributed by atoms with Gasteiger partial charge in [-0.1, -0.05) is 12.1 Å². The minimum Gasteiger partial charge on any atom is -0.383 e. The number of fused-ring (bicyclic) bond motifs is 1. The highest BCUT2D eigenvalue weighted by Crippen LogP contribution is 2.26. The van der Waals surface area contributed by atoms with Gasteiger partial charge in [-0.2, -0.15) is 0 Å². The molecule has 2 aromatic heterocycles. The van der Waals surface area contributed by atoms with E-state index < -0.39 is 0 Å². The van der Waals surface area contributed by atoms with Crippen LogP contribution in [0.15, 0.2) is 42.9 Å². The van der Waals surface area contributed by atoms with Crippen LogP contribution < -0.4 is 10.2 Å². The Morgan fingerprint density at radius 2 is 1.96 bits per heavy atom. The lowest BCUT2D eigenvalue weighted by atomic mass is 10.1. The van der Waals surface area contributed by atoms with E-state index in [2.05, 4.69) is 48.9 Å². The summed E-state index contributed by atoms with van der Waals surface area (Å²) in [6.45, 7) is 4.79. The summed E-state index contributed by atoms with van der Waals surface area (Å²) >= 11 is 0. The summed E-state index contributed by atoms with van der Waals surface area (Å²) in [5.41, 5.74) is 4.22. The van der Waals surface area contributed by atoms with E-state index in [0.717, 1.165) is 49.0 Å². The van der Waals surface area contributed by atoms with E-state index in [9.17, 15) is 0 Å². The SMILES string of the molecule is COCCNc1nccn2c(-c3ccc(N4CCOCC4)cc3)cnc12. The zero-order chi connectivity index (χ0) is 17.8. The van der Waals surface area contributed by atoms with E-state index in [0.29, 0.717) is 13.2 Å². The number of nitrogens with zero attached hydrogens (tertiary/aromatic N) is 4. The number of anilines is 2. The number of benzene rings is 1. The highest BCUT2D eigenvalue weighted by molar-refractivity contribution is 5.71. The molecule has 0 aliphatic carbocycles. The van der Waals surface area contributed by atoms with Crippen LogP contribution in [0.4, 0.5) is 11.5 Å². The first-order valence-corrected chi connectivity index (χ1v) is 8.85. The van der Waals surface area contributed by atoms with Crippen molar-refractivity contribution in [3.05, 3.63) is 42.9 Å². The number of hydrogen-bond donors (Lipinski definition) is 1. The van der Waals surface area contributed by atoms with Crippen LogP contribution in [0.5, 0.6) is 0 Å². The molecule has 0 spiro atoms. The fourth-order valence-corrected chi connectivity index (χ4v) is 3.19. The van der Waals surface area contributed by atoms with Gasteiger partial charge in [0.1, 0.15) is 0 Å². The average molecular weight is 353 g/mol. The average Bonchev–Trinajstić information content (AvgIpc) is 3.14. The number of imidazole rings is 1. The van der Waals surface area contributed by atoms with Gasteiger partial charge in [-0.05, 0) is 12.1 Å². The molecular weight excluding hydrogens is 330 g/mol. The molecule has 3 heterocycles. The Morgan fingerprint density at radius 1 is 1.15 bits per heavy atom. The van der Waals surface area contributed by atoms with E-state index in [1.807, 2.05) is 12.4 Å². The summed E-state index contributed by atoms with van der Waals surface area (Å²) in [4.78, 5) is 11.3. The fourth-order valence-electron chi connectivity index (χ4n) is 3.19. The molecule has 1 aliphatic rings. The van der Waals surface area contributed by atoms with Gasteiger partial charge in [0.25, 0.3) is 0 Å². The lowest BCUT2D eigenvalue weighted by molar-refractivity contribution is 0.122. The van der Waals surface area contributed by atoms with Crippen molar-refractivity contribution in [1.82, 2.24) is 14.4 Å². The summed E-state index contributed by atoms with van der Waals surface area (Å²) in [7, 11) is 1.68. The third-order valence-corrected chi connectivity index (χ3v) is 4.57. The first kappa shape index (κ1) is 16.8. The zero-order valence-corrected chi connectivity index (χ0v) is 14.9. The molecule has 0 amide bonds. The Labute approximate surface area is 152 Å². The van der Waals surface area contributed by atoms with Crippen molar-refractivity contribution >= 4 is 17.2 Å². The normalized spacial score (nSPS) is 14.7. The van der Waals surface area contributed by atoms with Gasteiger partial charge in [0.05, 0.1) is 31.7 Å². The van der Waals surface area contributed by atoms with Gasteiger partial charge in [0.2, 0.25) is 0 Å². The second-order valence-corrected chi connectivity index (χ2v) is 6.18. The molecule has 1 fully saturated rings. The van der Waals surface area contributed by atoms with Crippen LogP contribution in [0.25, 0.3) is 16.9 Å². The molecule has 0 radical (unpaired) electrons. The Hall–Kier alpha value is -2.64. The number of nitrogens with one attached hydrogen (secondary N) is 1. The molecular formula is C19H23N5O2. The maximum atomic E-state index is 5.43. The number of aromatic nitrogens is 3. The standard InChI is InChI=1S/C19H23N5O2/c1-25-11-7-21-18-19-22-14-17(24(19)8-6-20-18)15-2-4-16(5-3-15)23-9-12-26-13-10-23/h2-6,8,14H,7,9-13H2,1H3,(H,20,21). The highest BCUT2D eigenvalue weighted by atomic mass is 16.5. The van der Waals surface area contributed by atoms with Gasteiger partial charge in [0, 0.05) is 50.4 Å². The summed E-state index contributed by atoms with van der Waals surface area (Å²) in [5, 5.41) is 3.27. The maximum absolute atomic E-state index is 5.43. The van der Waals surface area contributed by atoms with E-state index in [1.54, 1.807) is 13.3 Å². The number of ether oxygens (including phenoxy) is 2. The number of rotatable bonds is 6. The largest absolute Gasteiger partial charge is 0.383 e. The molecule has 1 aliphatic heterocycles.